The van der Waals surface area contributed by atoms with E-state index in [0.29, 0.717) is 0 Å². The largest absolute Gasteiger partial charge is 0.446 e. The molecule has 0 radical (unpaired) electrons. The van der Waals surface area contributed by atoms with Crippen molar-refractivity contribution >= 4 is 32.2 Å². The second-order valence-corrected chi connectivity index (χ2v) is 9.94. The number of fused-ring (bicyclic) bond motifs is 2. The molecule has 0 N–H and O–H groups in total. The fourth-order valence-corrected chi connectivity index (χ4v) is 5.28. The lowest BCUT2D eigenvalue weighted by molar-refractivity contribution is 0.494. The molecule has 0 aliphatic carbocycles. The van der Waals surface area contributed by atoms with Gasteiger partial charge in [-0.1, -0.05) is 74.6 Å². The van der Waals surface area contributed by atoms with Crippen molar-refractivity contribution in [3.63, 3.8) is 0 Å². The molecule has 0 unspecified atom stereocenters. The molecule has 0 fully saturated rings. The summed E-state index contributed by atoms with van der Waals surface area (Å²) in [5.74, 6) is 0.854. The zero-order valence-corrected chi connectivity index (χ0v) is 19.1. The van der Waals surface area contributed by atoms with Crippen LogP contribution in [-0.2, 0) is 5.41 Å². The van der Waals surface area contributed by atoms with Gasteiger partial charge in [0.2, 0.25) is 0 Å². The monoisotopic (exact) mass is 423 g/mol. The molecule has 2 nitrogen and oxygen atoms in total. The fraction of sp³-hybridized carbons (Fsp3) is 0.179. The van der Waals surface area contributed by atoms with Crippen LogP contribution in [0.25, 0.3) is 32.1 Å². The van der Waals surface area contributed by atoms with Crippen molar-refractivity contribution in [3.05, 3.63) is 90.1 Å². The number of para-hydroxylation sites is 1. The number of aryl methyl sites for hydroxylation is 1. The Kier molecular flexibility index (Phi) is 4.79. The summed E-state index contributed by atoms with van der Waals surface area (Å²) in [6, 6.07) is 25.3. The van der Waals surface area contributed by atoms with E-state index in [1.807, 2.05) is 36.5 Å². The third kappa shape index (κ3) is 3.60. The Balaban J connectivity index is 1.71. The molecular formula is C28H25NOS. The molecule has 5 rings (SSSR count). The van der Waals surface area contributed by atoms with Crippen LogP contribution in [0.5, 0.6) is 10.8 Å². The van der Waals surface area contributed by atoms with Crippen molar-refractivity contribution in [2.45, 2.75) is 33.1 Å². The molecule has 0 aliphatic rings. The van der Waals surface area contributed by atoms with E-state index in [1.165, 1.54) is 26.4 Å². The molecule has 0 atom stereocenters. The van der Waals surface area contributed by atoms with Crippen molar-refractivity contribution in [1.29, 1.82) is 0 Å². The van der Waals surface area contributed by atoms with Gasteiger partial charge in [0.1, 0.15) is 5.75 Å². The van der Waals surface area contributed by atoms with Crippen LogP contribution < -0.4 is 4.74 Å². The van der Waals surface area contributed by atoms with Gasteiger partial charge in [-0.05, 0) is 59.0 Å². The normalized spacial score (nSPS) is 11.9. The summed E-state index contributed by atoms with van der Waals surface area (Å²) in [6.45, 7) is 8.94. The third-order valence-electron chi connectivity index (χ3n) is 5.71. The van der Waals surface area contributed by atoms with Gasteiger partial charge in [0, 0.05) is 22.7 Å². The molecule has 0 saturated carbocycles. The van der Waals surface area contributed by atoms with Gasteiger partial charge in [-0.2, -0.15) is 0 Å². The van der Waals surface area contributed by atoms with Crippen LogP contribution in [0.4, 0.5) is 0 Å². The standard InChI is InChI=1S/C28H25NOS/c1-18-22-14-15-29-25(26(22)31-27(18)30-21-11-6-5-7-12-21)20-16-19-10-8-9-13-23(19)24(17-20)28(2,3)4/h5-17H,1-4H3. The summed E-state index contributed by atoms with van der Waals surface area (Å²) in [5, 5.41) is 4.68. The van der Waals surface area contributed by atoms with Crippen LogP contribution in [0.2, 0.25) is 0 Å². The summed E-state index contributed by atoms with van der Waals surface area (Å²) in [7, 11) is 0. The molecule has 2 heterocycles. The van der Waals surface area contributed by atoms with Crippen LogP contribution in [-0.4, -0.2) is 4.98 Å². The minimum Gasteiger partial charge on any atom is -0.446 e. The first-order valence-corrected chi connectivity index (χ1v) is 11.4. The fourth-order valence-electron chi connectivity index (χ4n) is 4.09. The van der Waals surface area contributed by atoms with Crippen molar-refractivity contribution < 1.29 is 4.74 Å². The van der Waals surface area contributed by atoms with Gasteiger partial charge in [-0.3, -0.25) is 4.98 Å². The minimum absolute atomic E-state index is 0.0382. The van der Waals surface area contributed by atoms with Crippen LogP contribution in [0.1, 0.15) is 31.9 Å². The highest BCUT2D eigenvalue weighted by Gasteiger charge is 2.21. The molecule has 3 heteroatoms. The maximum Gasteiger partial charge on any atom is 0.185 e. The third-order valence-corrected chi connectivity index (χ3v) is 6.90. The highest BCUT2D eigenvalue weighted by molar-refractivity contribution is 7.21. The average Bonchev–Trinajstić information content (AvgIpc) is 3.08. The van der Waals surface area contributed by atoms with Crippen molar-refractivity contribution in [2.75, 3.05) is 0 Å². The molecule has 5 aromatic rings. The number of pyridine rings is 1. The highest BCUT2D eigenvalue weighted by Crippen LogP contribution is 2.44. The summed E-state index contributed by atoms with van der Waals surface area (Å²) in [6.07, 6.45) is 1.91. The number of hydrogen-bond donors (Lipinski definition) is 0. The highest BCUT2D eigenvalue weighted by atomic mass is 32.1. The number of rotatable bonds is 3. The Labute approximate surface area is 187 Å². The van der Waals surface area contributed by atoms with E-state index in [9.17, 15) is 0 Å². The van der Waals surface area contributed by atoms with E-state index in [1.54, 1.807) is 11.3 Å². The molecule has 0 bridgehead atoms. The lowest BCUT2D eigenvalue weighted by Gasteiger charge is -2.22. The number of thiophene rings is 1. The van der Waals surface area contributed by atoms with E-state index < -0.39 is 0 Å². The first kappa shape index (κ1) is 19.8. The molecule has 0 spiro atoms. The van der Waals surface area contributed by atoms with Gasteiger partial charge in [0.15, 0.2) is 5.06 Å². The zero-order valence-electron chi connectivity index (χ0n) is 18.3. The van der Waals surface area contributed by atoms with Crippen LogP contribution in [0, 0.1) is 6.92 Å². The molecule has 0 amide bonds. The molecule has 0 aliphatic heterocycles. The second kappa shape index (κ2) is 7.51. The number of nitrogens with zero attached hydrogens (tertiary/aromatic N) is 1. The Morgan fingerprint density at radius 3 is 2.35 bits per heavy atom. The smallest absolute Gasteiger partial charge is 0.185 e. The first-order valence-electron chi connectivity index (χ1n) is 10.6. The quantitative estimate of drug-likeness (QED) is 0.290. The van der Waals surface area contributed by atoms with Crippen LogP contribution >= 0.6 is 11.3 Å². The van der Waals surface area contributed by atoms with Gasteiger partial charge in [-0.25, -0.2) is 0 Å². The zero-order chi connectivity index (χ0) is 21.6. The predicted octanol–water partition coefficient (Wildman–Crippen LogP) is 8.51. The van der Waals surface area contributed by atoms with Gasteiger partial charge >= 0.3 is 0 Å². The van der Waals surface area contributed by atoms with Gasteiger partial charge in [0.05, 0.1) is 10.4 Å². The summed E-state index contributed by atoms with van der Waals surface area (Å²) in [4.78, 5) is 4.82. The second-order valence-electron chi connectivity index (χ2n) is 8.96. The average molecular weight is 424 g/mol. The number of hydrogen-bond acceptors (Lipinski definition) is 3. The van der Waals surface area contributed by atoms with Crippen LogP contribution in [0.15, 0.2) is 79.0 Å². The predicted molar refractivity (Wildman–Crippen MR) is 133 cm³/mol. The van der Waals surface area contributed by atoms with Crippen molar-refractivity contribution in [2.24, 2.45) is 0 Å². The van der Waals surface area contributed by atoms with Gasteiger partial charge in [-0.15, -0.1) is 0 Å². The molecule has 3 aromatic carbocycles. The molecule has 0 saturated heterocycles. The van der Waals surface area contributed by atoms with E-state index in [4.69, 9.17) is 9.72 Å². The molecule has 154 valence electrons. The lowest BCUT2D eigenvalue weighted by atomic mass is 9.82. The Bertz CT molecular complexity index is 1390. The first-order chi connectivity index (χ1) is 14.9. The van der Waals surface area contributed by atoms with Crippen molar-refractivity contribution in [1.82, 2.24) is 4.98 Å². The molecular weight excluding hydrogens is 398 g/mol. The maximum atomic E-state index is 6.22. The van der Waals surface area contributed by atoms with Crippen LogP contribution in [0.3, 0.4) is 0 Å². The van der Waals surface area contributed by atoms with Gasteiger partial charge in [0.25, 0.3) is 0 Å². The van der Waals surface area contributed by atoms with E-state index in [-0.39, 0.29) is 5.41 Å². The summed E-state index contributed by atoms with van der Waals surface area (Å²) < 4.78 is 7.39. The molecule has 31 heavy (non-hydrogen) atoms. The Morgan fingerprint density at radius 2 is 1.58 bits per heavy atom. The van der Waals surface area contributed by atoms with Crippen molar-refractivity contribution in [3.8, 4) is 22.1 Å². The Morgan fingerprint density at radius 1 is 0.839 bits per heavy atom. The topological polar surface area (TPSA) is 22.1 Å². The van der Waals surface area contributed by atoms with Gasteiger partial charge < -0.3 is 4.74 Å². The number of aromatic nitrogens is 1. The summed E-state index contributed by atoms with van der Waals surface area (Å²) in [5.41, 5.74) is 4.71. The Hall–Kier alpha value is -3.17. The SMILES string of the molecule is Cc1c(Oc2ccccc2)sc2c(-c3cc(C(C)(C)C)c4ccccc4c3)nccc12. The number of benzene rings is 3. The number of ether oxygens (including phenoxy) is 1. The molecule has 2 aromatic heterocycles. The summed E-state index contributed by atoms with van der Waals surface area (Å²) >= 11 is 1.67. The minimum atomic E-state index is 0.0382. The van der Waals surface area contributed by atoms with E-state index in [2.05, 4.69) is 70.2 Å². The van der Waals surface area contributed by atoms with E-state index in [0.717, 1.165) is 27.6 Å². The van der Waals surface area contributed by atoms with E-state index >= 15 is 0 Å². The maximum absolute atomic E-state index is 6.22. The lowest BCUT2D eigenvalue weighted by Crippen LogP contribution is -2.12.